The van der Waals surface area contributed by atoms with Gasteiger partial charge in [-0.05, 0) is 37.8 Å². The van der Waals surface area contributed by atoms with Crippen LogP contribution in [0.25, 0.3) is 0 Å². The molecule has 1 heteroatoms. The van der Waals surface area contributed by atoms with E-state index in [1.54, 1.807) is 0 Å². The van der Waals surface area contributed by atoms with Gasteiger partial charge in [0, 0.05) is 18.8 Å². The van der Waals surface area contributed by atoms with Crippen LogP contribution in [-0.4, -0.2) is 13.1 Å². The van der Waals surface area contributed by atoms with E-state index in [1.165, 1.54) is 37.2 Å². The zero-order valence-electron chi connectivity index (χ0n) is 9.16. The predicted molar refractivity (Wildman–Crippen MR) is 61.8 cm³/mol. The van der Waals surface area contributed by atoms with Crippen LogP contribution in [0.4, 0.5) is 5.69 Å². The molecule has 0 radical (unpaired) electrons. The largest absolute Gasteiger partial charge is 0.371 e. The van der Waals surface area contributed by atoms with E-state index in [0.29, 0.717) is 0 Å². The lowest BCUT2D eigenvalue weighted by atomic mass is 10.00. The maximum absolute atomic E-state index is 2.51. The van der Waals surface area contributed by atoms with E-state index in [2.05, 4.69) is 43.0 Å². The molecule has 0 unspecified atom stereocenters. The average Bonchev–Trinajstić information content (AvgIpc) is 2.19. The summed E-state index contributed by atoms with van der Waals surface area (Å²) in [7, 11) is 0. The second-order valence-corrected chi connectivity index (χ2v) is 4.53. The zero-order chi connectivity index (χ0) is 9.97. The SMILES string of the molecule is Cc1ccc(N2CCC[C@@H](C)C2)cc1. The molecule has 76 valence electrons. The zero-order valence-corrected chi connectivity index (χ0v) is 9.16. The lowest BCUT2D eigenvalue weighted by Crippen LogP contribution is -2.34. The van der Waals surface area contributed by atoms with Crippen molar-refractivity contribution in [3.63, 3.8) is 0 Å². The molecular formula is C13H19N. The van der Waals surface area contributed by atoms with Gasteiger partial charge in [0.25, 0.3) is 0 Å². The van der Waals surface area contributed by atoms with E-state index in [4.69, 9.17) is 0 Å². The van der Waals surface area contributed by atoms with Crippen molar-refractivity contribution in [2.75, 3.05) is 18.0 Å². The summed E-state index contributed by atoms with van der Waals surface area (Å²) in [5, 5.41) is 0. The molecule has 1 aliphatic rings. The van der Waals surface area contributed by atoms with Crippen molar-refractivity contribution in [2.24, 2.45) is 5.92 Å². The Morgan fingerprint density at radius 3 is 2.57 bits per heavy atom. The van der Waals surface area contributed by atoms with Crippen LogP contribution in [0.3, 0.4) is 0 Å². The summed E-state index contributed by atoms with van der Waals surface area (Å²) in [4.78, 5) is 2.51. The van der Waals surface area contributed by atoms with Crippen molar-refractivity contribution >= 4 is 5.69 Å². The predicted octanol–water partition coefficient (Wildman–Crippen LogP) is 3.23. The van der Waals surface area contributed by atoms with Gasteiger partial charge in [-0.2, -0.15) is 0 Å². The summed E-state index contributed by atoms with van der Waals surface area (Å²) in [5.41, 5.74) is 2.74. The monoisotopic (exact) mass is 189 g/mol. The highest BCUT2D eigenvalue weighted by Crippen LogP contribution is 2.22. The lowest BCUT2D eigenvalue weighted by Gasteiger charge is -2.32. The van der Waals surface area contributed by atoms with Crippen molar-refractivity contribution in [3.05, 3.63) is 29.8 Å². The van der Waals surface area contributed by atoms with Gasteiger partial charge in [-0.25, -0.2) is 0 Å². The minimum Gasteiger partial charge on any atom is -0.371 e. The fraction of sp³-hybridized carbons (Fsp3) is 0.538. The Balaban J connectivity index is 2.10. The van der Waals surface area contributed by atoms with Crippen molar-refractivity contribution < 1.29 is 0 Å². The Hall–Kier alpha value is -0.980. The van der Waals surface area contributed by atoms with Gasteiger partial charge in [0.2, 0.25) is 0 Å². The number of nitrogens with zero attached hydrogens (tertiary/aromatic N) is 1. The van der Waals surface area contributed by atoms with Crippen LogP contribution in [0.2, 0.25) is 0 Å². The maximum atomic E-state index is 2.51. The Kier molecular flexibility index (Phi) is 2.76. The number of aryl methyl sites for hydroxylation is 1. The molecule has 1 aromatic carbocycles. The van der Waals surface area contributed by atoms with Gasteiger partial charge < -0.3 is 4.90 Å². The van der Waals surface area contributed by atoms with Crippen molar-refractivity contribution in [2.45, 2.75) is 26.7 Å². The fourth-order valence-electron chi connectivity index (χ4n) is 2.18. The minimum absolute atomic E-state index is 0.852. The van der Waals surface area contributed by atoms with Crippen LogP contribution in [0.5, 0.6) is 0 Å². The molecule has 0 saturated carbocycles. The van der Waals surface area contributed by atoms with Gasteiger partial charge in [-0.3, -0.25) is 0 Å². The molecule has 0 spiro atoms. The first kappa shape index (κ1) is 9.57. The second-order valence-electron chi connectivity index (χ2n) is 4.53. The van der Waals surface area contributed by atoms with Gasteiger partial charge >= 0.3 is 0 Å². The van der Waals surface area contributed by atoms with Gasteiger partial charge in [0.15, 0.2) is 0 Å². The number of hydrogen-bond donors (Lipinski definition) is 0. The summed E-state index contributed by atoms with van der Waals surface area (Å²) in [5.74, 6) is 0.852. The van der Waals surface area contributed by atoms with Crippen molar-refractivity contribution in [3.8, 4) is 0 Å². The van der Waals surface area contributed by atoms with Crippen molar-refractivity contribution in [1.29, 1.82) is 0 Å². The first-order valence-electron chi connectivity index (χ1n) is 5.57. The molecule has 1 fully saturated rings. The van der Waals surface area contributed by atoms with Crippen molar-refractivity contribution in [1.82, 2.24) is 0 Å². The number of anilines is 1. The number of benzene rings is 1. The average molecular weight is 189 g/mol. The maximum Gasteiger partial charge on any atom is 0.0366 e. The van der Waals surface area contributed by atoms with E-state index < -0.39 is 0 Å². The van der Waals surface area contributed by atoms with E-state index in [0.717, 1.165) is 5.92 Å². The molecule has 1 atom stereocenters. The third kappa shape index (κ3) is 2.09. The molecule has 1 nitrogen and oxygen atoms in total. The van der Waals surface area contributed by atoms with Crippen LogP contribution < -0.4 is 4.90 Å². The summed E-state index contributed by atoms with van der Waals surface area (Å²) in [6.07, 6.45) is 2.73. The van der Waals surface area contributed by atoms with E-state index >= 15 is 0 Å². The third-order valence-electron chi connectivity index (χ3n) is 3.06. The first-order valence-corrected chi connectivity index (χ1v) is 5.57. The summed E-state index contributed by atoms with van der Waals surface area (Å²) >= 11 is 0. The Bertz CT molecular complexity index is 289. The van der Waals surface area contributed by atoms with Gasteiger partial charge in [0.1, 0.15) is 0 Å². The molecule has 0 amide bonds. The van der Waals surface area contributed by atoms with Crippen LogP contribution in [-0.2, 0) is 0 Å². The summed E-state index contributed by atoms with van der Waals surface area (Å²) in [6, 6.07) is 8.89. The molecule has 1 saturated heterocycles. The molecule has 0 bridgehead atoms. The van der Waals surface area contributed by atoms with Gasteiger partial charge in [-0.1, -0.05) is 24.6 Å². The molecule has 1 heterocycles. The van der Waals surface area contributed by atoms with Crippen LogP contribution >= 0.6 is 0 Å². The first-order chi connectivity index (χ1) is 6.75. The minimum atomic E-state index is 0.852. The summed E-state index contributed by atoms with van der Waals surface area (Å²) in [6.45, 7) is 6.94. The van der Waals surface area contributed by atoms with Crippen LogP contribution in [0, 0.1) is 12.8 Å². The highest BCUT2D eigenvalue weighted by molar-refractivity contribution is 5.47. The highest BCUT2D eigenvalue weighted by atomic mass is 15.1. The smallest absolute Gasteiger partial charge is 0.0366 e. The molecule has 1 aromatic rings. The summed E-state index contributed by atoms with van der Waals surface area (Å²) < 4.78 is 0. The van der Waals surface area contributed by atoms with Crippen LogP contribution in [0.1, 0.15) is 25.3 Å². The quantitative estimate of drug-likeness (QED) is 0.655. The normalized spacial score (nSPS) is 22.4. The lowest BCUT2D eigenvalue weighted by molar-refractivity contribution is 0.447. The number of rotatable bonds is 1. The topological polar surface area (TPSA) is 3.24 Å². The van der Waals surface area contributed by atoms with Crippen LogP contribution in [0.15, 0.2) is 24.3 Å². The van der Waals surface area contributed by atoms with Gasteiger partial charge in [0.05, 0.1) is 0 Å². The molecule has 14 heavy (non-hydrogen) atoms. The number of piperidine rings is 1. The fourth-order valence-corrected chi connectivity index (χ4v) is 2.18. The van der Waals surface area contributed by atoms with E-state index in [-0.39, 0.29) is 0 Å². The van der Waals surface area contributed by atoms with Gasteiger partial charge in [-0.15, -0.1) is 0 Å². The molecule has 2 rings (SSSR count). The molecule has 0 N–H and O–H groups in total. The molecule has 0 aliphatic carbocycles. The Labute approximate surface area is 86.7 Å². The Morgan fingerprint density at radius 1 is 1.21 bits per heavy atom. The third-order valence-corrected chi connectivity index (χ3v) is 3.06. The molecule has 1 aliphatic heterocycles. The molecular weight excluding hydrogens is 170 g/mol. The van der Waals surface area contributed by atoms with E-state index in [1.807, 2.05) is 0 Å². The molecule has 0 aromatic heterocycles. The second kappa shape index (κ2) is 4.04. The van der Waals surface area contributed by atoms with E-state index in [9.17, 15) is 0 Å². The highest BCUT2D eigenvalue weighted by Gasteiger charge is 2.15. The Morgan fingerprint density at radius 2 is 1.93 bits per heavy atom. The standard InChI is InChI=1S/C13H19N/c1-11-5-7-13(8-6-11)14-9-3-4-12(2)10-14/h5-8,12H,3-4,9-10H2,1-2H3/t12-/m1/s1. The number of hydrogen-bond acceptors (Lipinski definition) is 1.